The number of para-hydroxylation sites is 2. The van der Waals surface area contributed by atoms with Crippen molar-refractivity contribution in [3.63, 3.8) is 0 Å². The zero-order valence-electron chi connectivity index (χ0n) is 17.1. The molecule has 0 radical (unpaired) electrons. The Balaban J connectivity index is 2.06. The highest BCUT2D eigenvalue weighted by molar-refractivity contribution is 6.01. The third-order valence-corrected chi connectivity index (χ3v) is 4.07. The van der Waals surface area contributed by atoms with Gasteiger partial charge >= 0.3 is 12.6 Å². The number of nitrogens with zero attached hydrogens (tertiary/aromatic N) is 2. The molecule has 1 N–H and O–H groups in total. The van der Waals surface area contributed by atoms with Crippen LogP contribution in [0.5, 0.6) is 5.75 Å². The highest BCUT2D eigenvalue weighted by atomic mass is 19.3. The van der Waals surface area contributed by atoms with Gasteiger partial charge in [0.05, 0.1) is 5.69 Å². The third kappa shape index (κ3) is 6.82. The van der Waals surface area contributed by atoms with Gasteiger partial charge in [-0.3, -0.25) is 4.79 Å². The molecule has 0 saturated heterocycles. The third-order valence-electron chi connectivity index (χ3n) is 4.07. The van der Waals surface area contributed by atoms with Crippen LogP contribution in [0.25, 0.3) is 6.08 Å². The van der Waals surface area contributed by atoms with Crippen LogP contribution in [-0.2, 0) is 14.3 Å². The maximum absolute atomic E-state index is 12.5. The Bertz CT molecular complexity index is 999. The van der Waals surface area contributed by atoms with E-state index in [1.54, 1.807) is 18.2 Å². The van der Waals surface area contributed by atoms with E-state index in [-0.39, 0.29) is 17.0 Å². The van der Waals surface area contributed by atoms with E-state index >= 15 is 0 Å². The van der Waals surface area contributed by atoms with Crippen molar-refractivity contribution in [2.45, 2.75) is 19.6 Å². The molecular formula is C22H21F2N3O4. The summed E-state index contributed by atoms with van der Waals surface area (Å²) >= 11 is 0. The number of benzene rings is 2. The molecule has 0 aliphatic rings. The van der Waals surface area contributed by atoms with Crippen LogP contribution < -0.4 is 15.0 Å². The predicted octanol–water partition coefficient (Wildman–Crippen LogP) is 3.83. The molecular weight excluding hydrogens is 408 g/mol. The fourth-order valence-corrected chi connectivity index (χ4v) is 2.45. The van der Waals surface area contributed by atoms with Crippen molar-refractivity contribution in [1.82, 2.24) is 0 Å². The van der Waals surface area contributed by atoms with Crippen LogP contribution in [0.2, 0.25) is 0 Å². The van der Waals surface area contributed by atoms with Crippen LogP contribution >= 0.6 is 0 Å². The quantitative estimate of drug-likeness (QED) is 0.390. The number of carbonyl (C=O) groups is 2. The fourth-order valence-electron chi connectivity index (χ4n) is 2.45. The lowest BCUT2D eigenvalue weighted by atomic mass is 10.1. The Hall–Kier alpha value is -3.93. The van der Waals surface area contributed by atoms with Crippen molar-refractivity contribution in [2.24, 2.45) is 0 Å². The van der Waals surface area contributed by atoms with Gasteiger partial charge in [0.15, 0.2) is 6.10 Å². The van der Waals surface area contributed by atoms with Crippen molar-refractivity contribution in [1.29, 1.82) is 5.26 Å². The average Bonchev–Trinajstić information content (AvgIpc) is 2.73. The first-order chi connectivity index (χ1) is 14.7. The van der Waals surface area contributed by atoms with E-state index in [1.165, 1.54) is 37.3 Å². The molecule has 31 heavy (non-hydrogen) atoms. The van der Waals surface area contributed by atoms with E-state index in [4.69, 9.17) is 4.74 Å². The lowest BCUT2D eigenvalue weighted by molar-refractivity contribution is -0.148. The van der Waals surface area contributed by atoms with Gasteiger partial charge < -0.3 is 19.7 Å². The molecule has 1 amide bonds. The van der Waals surface area contributed by atoms with Crippen LogP contribution in [0, 0.1) is 11.3 Å². The molecule has 0 unspecified atom stereocenters. The summed E-state index contributed by atoms with van der Waals surface area (Å²) in [6.07, 6.45) is 0.0537. The summed E-state index contributed by atoms with van der Waals surface area (Å²) in [5.41, 5.74) is 1.25. The second kappa shape index (κ2) is 10.7. The van der Waals surface area contributed by atoms with Crippen LogP contribution in [0.15, 0.2) is 54.1 Å². The van der Waals surface area contributed by atoms with E-state index in [9.17, 15) is 23.6 Å². The Morgan fingerprint density at radius 1 is 1.13 bits per heavy atom. The van der Waals surface area contributed by atoms with Gasteiger partial charge in [-0.2, -0.15) is 14.0 Å². The summed E-state index contributed by atoms with van der Waals surface area (Å²) in [6.45, 7) is -1.77. The lowest BCUT2D eigenvalue weighted by Crippen LogP contribution is -2.30. The van der Waals surface area contributed by atoms with E-state index < -0.39 is 24.6 Å². The minimum absolute atomic E-state index is 0.00673. The normalized spacial score (nSPS) is 12.0. The molecule has 1 atom stereocenters. The number of halogens is 2. The number of amides is 1. The van der Waals surface area contributed by atoms with Crippen molar-refractivity contribution in [2.75, 3.05) is 24.3 Å². The number of anilines is 2. The SMILES string of the molecule is C[C@@H](OC(=O)/C(C#N)=C\c1ccc(N(C)C)cc1)C(=O)Nc1ccccc1OC(F)F. The molecule has 0 spiro atoms. The van der Waals surface area contributed by atoms with Gasteiger partial charge in [0.25, 0.3) is 5.91 Å². The Kier molecular flexibility index (Phi) is 8.09. The van der Waals surface area contributed by atoms with Crippen LogP contribution in [0.4, 0.5) is 20.2 Å². The standard InChI is InChI=1S/C22H21F2N3O4/c1-14(20(28)26-18-6-4-5-7-19(18)31-22(23)24)30-21(29)16(13-25)12-15-8-10-17(11-9-15)27(2)3/h4-12,14,22H,1-3H3,(H,26,28)/b16-12-/t14-/m1/s1. The molecule has 0 bridgehead atoms. The fraction of sp³-hybridized carbons (Fsp3) is 0.227. The van der Waals surface area contributed by atoms with Gasteiger partial charge in [0.2, 0.25) is 0 Å². The Labute approximate surface area is 178 Å². The number of rotatable bonds is 8. The summed E-state index contributed by atoms with van der Waals surface area (Å²) in [6, 6.07) is 14.5. The summed E-state index contributed by atoms with van der Waals surface area (Å²) in [4.78, 5) is 26.5. The van der Waals surface area contributed by atoms with Gasteiger partial charge in [-0.05, 0) is 42.8 Å². The molecule has 0 aromatic heterocycles. The van der Waals surface area contributed by atoms with Crippen molar-refractivity contribution in [3.05, 3.63) is 59.7 Å². The zero-order valence-corrected chi connectivity index (χ0v) is 17.1. The van der Waals surface area contributed by atoms with Crippen LogP contribution in [0.1, 0.15) is 12.5 Å². The van der Waals surface area contributed by atoms with Gasteiger partial charge in [-0.15, -0.1) is 0 Å². The van der Waals surface area contributed by atoms with Gasteiger partial charge in [-0.25, -0.2) is 4.79 Å². The first-order valence-electron chi connectivity index (χ1n) is 9.16. The molecule has 9 heteroatoms. The number of carbonyl (C=O) groups excluding carboxylic acids is 2. The smallest absolute Gasteiger partial charge is 0.387 e. The van der Waals surface area contributed by atoms with Crippen molar-refractivity contribution < 1.29 is 27.8 Å². The zero-order chi connectivity index (χ0) is 23.0. The highest BCUT2D eigenvalue weighted by Crippen LogP contribution is 2.25. The first kappa shape index (κ1) is 23.3. The largest absolute Gasteiger partial charge is 0.448 e. The summed E-state index contributed by atoms with van der Waals surface area (Å²) in [7, 11) is 3.76. The highest BCUT2D eigenvalue weighted by Gasteiger charge is 2.22. The number of nitrogens with one attached hydrogen (secondary N) is 1. The number of hydrogen-bond acceptors (Lipinski definition) is 6. The molecule has 2 aromatic carbocycles. The second-order valence-electron chi connectivity index (χ2n) is 6.57. The van der Waals surface area contributed by atoms with Gasteiger partial charge in [-0.1, -0.05) is 24.3 Å². The van der Waals surface area contributed by atoms with E-state index in [0.29, 0.717) is 5.56 Å². The number of hydrogen-bond donors (Lipinski definition) is 1. The van der Waals surface area contributed by atoms with Crippen LogP contribution in [0.3, 0.4) is 0 Å². The molecule has 0 fully saturated rings. The maximum atomic E-state index is 12.5. The monoisotopic (exact) mass is 429 g/mol. The Morgan fingerprint density at radius 3 is 2.35 bits per heavy atom. The van der Waals surface area contributed by atoms with E-state index in [2.05, 4.69) is 10.1 Å². The molecule has 162 valence electrons. The Morgan fingerprint density at radius 2 is 1.77 bits per heavy atom. The minimum Gasteiger partial charge on any atom is -0.448 e. The number of nitriles is 1. The molecule has 7 nitrogen and oxygen atoms in total. The minimum atomic E-state index is -3.07. The van der Waals surface area contributed by atoms with Gasteiger partial charge in [0, 0.05) is 19.8 Å². The van der Waals surface area contributed by atoms with E-state index in [1.807, 2.05) is 31.1 Å². The summed E-state index contributed by atoms with van der Waals surface area (Å²) in [5, 5.41) is 11.7. The topological polar surface area (TPSA) is 91.7 Å². The van der Waals surface area contributed by atoms with Crippen molar-refractivity contribution in [3.8, 4) is 11.8 Å². The molecule has 2 aromatic rings. The first-order valence-corrected chi connectivity index (χ1v) is 9.16. The molecule has 2 rings (SSSR count). The number of ether oxygens (including phenoxy) is 2. The molecule has 0 heterocycles. The van der Waals surface area contributed by atoms with E-state index in [0.717, 1.165) is 5.69 Å². The number of alkyl halides is 2. The molecule has 0 aliphatic heterocycles. The molecule has 0 saturated carbocycles. The second-order valence-corrected chi connectivity index (χ2v) is 6.57. The average molecular weight is 429 g/mol. The summed E-state index contributed by atoms with van der Waals surface area (Å²) in [5.74, 6) is -1.99. The number of esters is 1. The predicted molar refractivity (Wildman–Crippen MR) is 112 cm³/mol. The summed E-state index contributed by atoms with van der Waals surface area (Å²) < 4.78 is 34.4. The molecule has 0 aliphatic carbocycles. The lowest BCUT2D eigenvalue weighted by Gasteiger charge is -2.15. The maximum Gasteiger partial charge on any atom is 0.387 e. The van der Waals surface area contributed by atoms with Crippen molar-refractivity contribution >= 4 is 29.3 Å². The van der Waals surface area contributed by atoms with Crippen LogP contribution in [-0.4, -0.2) is 38.7 Å². The van der Waals surface area contributed by atoms with Gasteiger partial charge in [0.1, 0.15) is 17.4 Å².